The third kappa shape index (κ3) is 7.66. The maximum Gasteiger partial charge on any atom is 0.461 e. The molecule has 0 fully saturated rings. The summed E-state index contributed by atoms with van der Waals surface area (Å²) >= 11 is 0. The van der Waals surface area contributed by atoms with E-state index in [2.05, 4.69) is 20.1 Å². The van der Waals surface area contributed by atoms with Gasteiger partial charge in [-0.2, -0.15) is 0 Å². The Morgan fingerprint density at radius 1 is 1.50 bits per heavy atom. The number of nitrogens with one attached hydrogen (secondary N) is 2. The lowest BCUT2D eigenvalue weighted by Crippen LogP contribution is -2.38. The van der Waals surface area contributed by atoms with E-state index in [0.717, 1.165) is 0 Å². The quantitative estimate of drug-likeness (QED) is 0.269. The third-order valence-electron chi connectivity index (χ3n) is 1.07. The largest absolute Gasteiger partial charge is 0.461 e. The Balaban J connectivity index is 3.89. The van der Waals surface area contributed by atoms with Crippen molar-refractivity contribution in [3.8, 4) is 0 Å². The van der Waals surface area contributed by atoms with E-state index < -0.39 is 0 Å². The number of rotatable bonds is 6. The van der Waals surface area contributed by atoms with Gasteiger partial charge in [-0.15, -0.1) is 0 Å². The molecule has 0 aliphatic heterocycles. The summed E-state index contributed by atoms with van der Waals surface area (Å²) in [5.41, 5.74) is 5.26. The van der Waals surface area contributed by atoms with Crippen molar-refractivity contribution in [1.82, 2.24) is 10.5 Å². The van der Waals surface area contributed by atoms with Gasteiger partial charge in [0.05, 0.1) is 0 Å². The predicted molar refractivity (Wildman–Crippen MR) is 57.4 cm³/mol. The zero-order valence-electron chi connectivity index (χ0n) is 8.36. The molecule has 0 spiro atoms. The molecule has 14 heavy (non-hydrogen) atoms. The first-order valence-electron chi connectivity index (χ1n) is 4.00. The van der Waals surface area contributed by atoms with Crippen molar-refractivity contribution in [2.45, 2.75) is 0 Å². The van der Waals surface area contributed by atoms with E-state index in [0.29, 0.717) is 12.5 Å². The molecule has 0 atom stereocenters. The van der Waals surface area contributed by atoms with Crippen LogP contribution in [0.5, 0.6) is 0 Å². The summed E-state index contributed by atoms with van der Waals surface area (Å²) in [5.74, 6) is 0.471. The van der Waals surface area contributed by atoms with Crippen LogP contribution < -0.4 is 16.3 Å². The molecule has 0 saturated carbocycles. The maximum absolute atomic E-state index is 5.26. The monoisotopic (exact) mass is 196 g/mol. The summed E-state index contributed by atoms with van der Waals surface area (Å²) in [6, 6.07) is 0. The predicted octanol–water partition coefficient (Wildman–Crippen LogP) is -1.64. The van der Waals surface area contributed by atoms with Gasteiger partial charge in [-0.25, -0.2) is 0 Å². The summed E-state index contributed by atoms with van der Waals surface area (Å²) in [6.45, 7) is 0.461. The SMILES string of the molecule is CO[B]N=C(N[B]OC)N/C=C\CN. The van der Waals surface area contributed by atoms with Crippen molar-refractivity contribution in [3.63, 3.8) is 0 Å². The molecule has 0 aromatic rings. The fourth-order valence-corrected chi connectivity index (χ4v) is 0.542. The smallest absolute Gasteiger partial charge is 0.422 e. The summed E-state index contributed by atoms with van der Waals surface area (Å²) in [7, 11) is 5.71. The Labute approximate surface area is 85.5 Å². The van der Waals surface area contributed by atoms with Gasteiger partial charge in [-0.3, -0.25) is 4.90 Å². The van der Waals surface area contributed by atoms with Crippen molar-refractivity contribution in [2.75, 3.05) is 20.8 Å². The highest BCUT2D eigenvalue weighted by atomic mass is 16.4. The lowest BCUT2D eigenvalue weighted by Gasteiger charge is -2.06. The number of hydrogen-bond acceptors (Lipinski definition) is 4. The van der Waals surface area contributed by atoms with Crippen LogP contribution in [0.25, 0.3) is 0 Å². The molecular formula is C6H14B2N4O2. The first-order chi connectivity index (χ1) is 6.85. The molecule has 0 heterocycles. The van der Waals surface area contributed by atoms with Crippen molar-refractivity contribution >= 4 is 21.2 Å². The standard InChI is InChI=1S/C6H14B2N4O2/c1-13-7-11-6(12-8-14-2)10-5-3-4-9/h3,5H,4,9H2,1-2H3,(H2,10,11,12)/b5-3-. The molecule has 4 N–H and O–H groups in total. The van der Waals surface area contributed by atoms with Crippen molar-refractivity contribution < 1.29 is 9.31 Å². The zero-order valence-corrected chi connectivity index (χ0v) is 8.36. The Bertz CT molecular complexity index is 189. The molecule has 0 rings (SSSR count). The number of nitrogens with two attached hydrogens (primary N) is 1. The molecular weight excluding hydrogens is 182 g/mol. The lowest BCUT2D eigenvalue weighted by atomic mass is 10.3. The van der Waals surface area contributed by atoms with Crippen LogP contribution in [0.15, 0.2) is 17.2 Å². The number of guanidine groups is 1. The summed E-state index contributed by atoms with van der Waals surface area (Å²) in [6.07, 6.45) is 3.41. The van der Waals surface area contributed by atoms with E-state index in [9.17, 15) is 0 Å². The van der Waals surface area contributed by atoms with Gasteiger partial charge in [0.2, 0.25) is 0 Å². The Kier molecular flexibility index (Phi) is 9.40. The first kappa shape index (κ1) is 13.0. The van der Waals surface area contributed by atoms with Gasteiger partial charge in [0, 0.05) is 27.0 Å². The molecule has 0 aliphatic rings. The van der Waals surface area contributed by atoms with Gasteiger partial charge in [-0.1, -0.05) is 6.08 Å². The highest BCUT2D eigenvalue weighted by Crippen LogP contribution is 1.72. The van der Waals surface area contributed by atoms with Gasteiger partial charge >= 0.3 is 15.2 Å². The maximum atomic E-state index is 5.26. The average molecular weight is 196 g/mol. The second-order valence-electron chi connectivity index (χ2n) is 2.10. The van der Waals surface area contributed by atoms with Crippen molar-refractivity contribution in [2.24, 2.45) is 10.6 Å². The highest BCUT2D eigenvalue weighted by molar-refractivity contribution is 6.34. The second-order valence-corrected chi connectivity index (χ2v) is 2.10. The summed E-state index contributed by atoms with van der Waals surface area (Å²) in [5, 5.41) is 5.60. The minimum absolute atomic E-state index is 0.461. The van der Waals surface area contributed by atoms with Crippen LogP contribution in [0.4, 0.5) is 0 Å². The lowest BCUT2D eigenvalue weighted by molar-refractivity contribution is 0.437. The van der Waals surface area contributed by atoms with Crippen LogP contribution in [0.2, 0.25) is 0 Å². The Hall–Kier alpha value is -0.980. The minimum Gasteiger partial charge on any atom is -0.422 e. The second kappa shape index (κ2) is 10.1. The molecule has 0 aromatic heterocycles. The van der Waals surface area contributed by atoms with E-state index in [-0.39, 0.29) is 0 Å². The molecule has 8 heteroatoms. The minimum atomic E-state index is 0.461. The van der Waals surface area contributed by atoms with Crippen LogP contribution in [-0.2, 0) is 9.31 Å². The van der Waals surface area contributed by atoms with Gasteiger partial charge in [0.25, 0.3) is 0 Å². The molecule has 0 aromatic carbocycles. The number of nitrogens with zero attached hydrogens (tertiary/aromatic N) is 1. The topological polar surface area (TPSA) is 80.9 Å². The zero-order chi connectivity index (χ0) is 10.6. The molecule has 0 unspecified atom stereocenters. The fraction of sp³-hybridized carbons (Fsp3) is 0.500. The fourth-order valence-electron chi connectivity index (χ4n) is 0.542. The first-order valence-corrected chi connectivity index (χ1v) is 4.00. The number of hydrogen-bond donors (Lipinski definition) is 3. The summed E-state index contributed by atoms with van der Waals surface area (Å²) in [4.78, 5) is 3.90. The Morgan fingerprint density at radius 3 is 2.86 bits per heavy atom. The van der Waals surface area contributed by atoms with E-state index >= 15 is 0 Å². The van der Waals surface area contributed by atoms with E-state index in [1.165, 1.54) is 29.5 Å². The van der Waals surface area contributed by atoms with Gasteiger partial charge in [0.15, 0.2) is 5.96 Å². The Morgan fingerprint density at radius 2 is 2.29 bits per heavy atom. The molecule has 76 valence electrons. The van der Waals surface area contributed by atoms with Gasteiger partial charge < -0.3 is 25.6 Å². The van der Waals surface area contributed by atoms with Gasteiger partial charge in [-0.05, 0) is 0 Å². The molecule has 0 saturated heterocycles. The molecule has 2 radical (unpaired) electrons. The highest BCUT2D eigenvalue weighted by Gasteiger charge is 1.96. The molecule has 6 nitrogen and oxygen atoms in total. The van der Waals surface area contributed by atoms with Crippen LogP contribution in [0, 0.1) is 0 Å². The van der Waals surface area contributed by atoms with E-state index in [1.54, 1.807) is 12.3 Å². The van der Waals surface area contributed by atoms with E-state index in [4.69, 9.17) is 10.4 Å². The summed E-state index contributed by atoms with van der Waals surface area (Å²) < 4.78 is 9.36. The molecule has 0 aliphatic carbocycles. The molecule has 0 bridgehead atoms. The third-order valence-corrected chi connectivity index (χ3v) is 1.07. The van der Waals surface area contributed by atoms with Crippen LogP contribution >= 0.6 is 0 Å². The average Bonchev–Trinajstić information content (AvgIpc) is 2.21. The van der Waals surface area contributed by atoms with Crippen LogP contribution in [0.1, 0.15) is 0 Å². The normalized spacial score (nSPS) is 11.5. The molecule has 0 amide bonds. The van der Waals surface area contributed by atoms with Crippen molar-refractivity contribution in [1.29, 1.82) is 0 Å². The van der Waals surface area contributed by atoms with E-state index in [1.807, 2.05) is 0 Å². The van der Waals surface area contributed by atoms with Gasteiger partial charge in [0.1, 0.15) is 0 Å². The van der Waals surface area contributed by atoms with Crippen molar-refractivity contribution in [3.05, 3.63) is 12.3 Å². The van der Waals surface area contributed by atoms with Crippen LogP contribution in [0.3, 0.4) is 0 Å². The van der Waals surface area contributed by atoms with Crippen LogP contribution in [-0.4, -0.2) is 42.0 Å².